The monoisotopic (exact) mass is 441 g/mol. The minimum Gasteiger partial charge on any atom is -0.345 e. The number of thiazole rings is 1. The van der Waals surface area contributed by atoms with E-state index in [4.69, 9.17) is 4.98 Å². The van der Waals surface area contributed by atoms with Crippen LogP contribution in [0.4, 0.5) is 5.13 Å². The minimum absolute atomic E-state index is 0.179. The number of benzene rings is 3. The maximum Gasteiger partial charge on any atom is 0.234 e. The van der Waals surface area contributed by atoms with E-state index in [0.717, 1.165) is 34.9 Å². The van der Waals surface area contributed by atoms with Gasteiger partial charge in [-0.3, -0.25) is 4.79 Å². The van der Waals surface area contributed by atoms with Crippen molar-refractivity contribution in [2.45, 2.75) is 19.8 Å². The maximum atomic E-state index is 13.7. The molecule has 0 unspecified atom stereocenters. The van der Waals surface area contributed by atoms with Crippen LogP contribution in [-0.2, 0) is 4.79 Å². The van der Waals surface area contributed by atoms with E-state index in [9.17, 15) is 4.79 Å². The predicted octanol–water partition coefficient (Wildman–Crippen LogP) is 5.39. The van der Waals surface area contributed by atoms with E-state index in [1.54, 1.807) is 11.3 Å². The molecule has 4 aromatic rings. The molecule has 0 saturated carbocycles. The Morgan fingerprint density at radius 3 is 2.06 bits per heavy atom. The van der Waals surface area contributed by atoms with Gasteiger partial charge >= 0.3 is 0 Å². The molecule has 1 aromatic heterocycles. The van der Waals surface area contributed by atoms with E-state index in [2.05, 4.69) is 55.1 Å². The van der Waals surface area contributed by atoms with Crippen molar-refractivity contribution >= 4 is 32.6 Å². The molecule has 1 aliphatic rings. The average Bonchev–Trinajstić information content (AvgIpc) is 3.25. The predicted molar refractivity (Wildman–Crippen MR) is 133 cm³/mol. The Morgan fingerprint density at radius 1 is 0.875 bits per heavy atom. The first-order valence-electron chi connectivity index (χ1n) is 11.1. The van der Waals surface area contributed by atoms with Crippen molar-refractivity contribution in [3.63, 3.8) is 0 Å². The van der Waals surface area contributed by atoms with Crippen molar-refractivity contribution in [3.05, 3.63) is 95.1 Å². The Labute approximate surface area is 193 Å². The van der Waals surface area contributed by atoms with Gasteiger partial charge in [0.2, 0.25) is 5.91 Å². The molecule has 4 nitrogen and oxygen atoms in total. The number of amides is 1. The summed E-state index contributed by atoms with van der Waals surface area (Å²) in [5.74, 6) is -0.0881. The SMILES string of the molecule is Cc1cc(C)c2sc(N3CCN(C(=O)C(c4ccccc4)c4ccccc4)CC3)nc2c1. The molecule has 1 fully saturated rings. The summed E-state index contributed by atoms with van der Waals surface area (Å²) in [7, 11) is 0. The zero-order chi connectivity index (χ0) is 22.1. The van der Waals surface area contributed by atoms with E-state index in [0.29, 0.717) is 13.1 Å². The van der Waals surface area contributed by atoms with E-state index in [1.807, 2.05) is 41.3 Å². The number of hydrogen-bond acceptors (Lipinski definition) is 4. The molecule has 0 aliphatic carbocycles. The largest absolute Gasteiger partial charge is 0.345 e. The molecule has 0 N–H and O–H groups in total. The van der Waals surface area contributed by atoms with Crippen molar-refractivity contribution in [2.75, 3.05) is 31.1 Å². The molecule has 0 radical (unpaired) electrons. The maximum absolute atomic E-state index is 13.7. The summed E-state index contributed by atoms with van der Waals surface area (Å²) in [6.07, 6.45) is 0. The molecule has 0 spiro atoms. The van der Waals surface area contributed by atoms with Crippen LogP contribution in [-0.4, -0.2) is 42.0 Å². The van der Waals surface area contributed by atoms with Crippen molar-refractivity contribution in [1.29, 1.82) is 0 Å². The van der Waals surface area contributed by atoms with Crippen LogP contribution >= 0.6 is 11.3 Å². The summed E-state index contributed by atoms with van der Waals surface area (Å²) in [5.41, 5.74) is 5.70. The van der Waals surface area contributed by atoms with Gasteiger partial charge in [0.15, 0.2) is 5.13 Å². The second-order valence-corrected chi connectivity index (χ2v) is 9.47. The summed E-state index contributed by atoms with van der Waals surface area (Å²) in [6.45, 7) is 7.30. The fourth-order valence-electron chi connectivity index (χ4n) is 4.57. The van der Waals surface area contributed by atoms with E-state index in [-0.39, 0.29) is 11.8 Å². The Bertz CT molecular complexity index is 1190. The Hall–Kier alpha value is -3.18. The summed E-state index contributed by atoms with van der Waals surface area (Å²) < 4.78 is 1.26. The fraction of sp³-hybridized carbons (Fsp3) is 0.259. The Morgan fingerprint density at radius 2 is 1.47 bits per heavy atom. The standard InChI is InChI=1S/C27H27N3OS/c1-19-17-20(2)25-23(18-19)28-27(32-25)30-15-13-29(14-16-30)26(31)24(21-9-5-3-6-10-21)22-11-7-4-8-12-22/h3-12,17-18,24H,13-16H2,1-2H3. The molecule has 1 aliphatic heterocycles. The highest BCUT2D eigenvalue weighted by Gasteiger charge is 2.30. The number of carbonyl (C=O) groups excluding carboxylic acids is 1. The van der Waals surface area contributed by atoms with Crippen molar-refractivity contribution in [1.82, 2.24) is 9.88 Å². The molecule has 3 aromatic carbocycles. The number of piperazine rings is 1. The van der Waals surface area contributed by atoms with Crippen LogP contribution in [0.2, 0.25) is 0 Å². The minimum atomic E-state index is -0.267. The van der Waals surface area contributed by atoms with Gasteiger partial charge in [0.1, 0.15) is 0 Å². The lowest BCUT2D eigenvalue weighted by atomic mass is 9.90. The summed E-state index contributed by atoms with van der Waals surface area (Å²) >= 11 is 1.76. The third kappa shape index (κ3) is 4.00. The van der Waals surface area contributed by atoms with Crippen LogP contribution in [0.1, 0.15) is 28.2 Å². The van der Waals surface area contributed by atoms with Crippen LogP contribution in [0, 0.1) is 13.8 Å². The number of fused-ring (bicyclic) bond motifs is 1. The zero-order valence-electron chi connectivity index (χ0n) is 18.5. The van der Waals surface area contributed by atoms with Gasteiger partial charge in [-0.1, -0.05) is 78.1 Å². The molecule has 162 valence electrons. The molecular formula is C27H27N3OS. The second-order valence-electron chi connectivity index (χ2n) is 8.49. The Balaban J connectivity index is 1.35. The molecule has 5 heteroatoms. The van der Waals surface area contributed by atoms with Crippen molar-refractivity contribution in [2.24, 2.45) is 0 Å². The van der Waals surface area contributed by atoms with Gasteiger partial charge in [-0.15, -0.1) is 0 Å². The first kappa shape index (κ1) is 20.7. The summed E-state index contributed by atoms with van der Waals surface area (Å²) in [4.78, 5) is 22.9. The molecule has 1 amide bonds. The van der Waals surface area contributed by atoms with Gasteiger partial charge in [0, 0.05) is 26.2 Å². The van der Waals surface area contributed by atoms with Crippen LogP contribution in [0.15, 0.2) is 72.8 Å². The normalized spacial score (nSPS) is 14.3. The highest BCUT2D eigenvalue weighted by Crippen LogP contribution is 2.33. The lowest BCUT2D eigenvalue weighted by molar-refractivity contribution is -0.132. The van der Waals surface area contributed by atoms with E-state index in [1.165, 1.54) is 15.8 Å². The number of hydrogen-bond donors (Lipinski definition) is 0. The number of aryl methyl sites for hydroxylation is 2. The van der Waals surface area contributed by atoms with Gasteiger partial charge in [-0.2, -0.15) is 0 Å². The number of rotatable bonds is 4. The lowest BCUT2D eigenvalue weighted by Gasteiger charge is -2.36. The molecule has 32 heavy (non-hydrogen) atoms. The summed E-state index contributed by atoms with van der Waals surface area (Å²) in [6, 6.07) is 24.6. The first-order valence-corrected chi connectivity index (χ1v) is 11.9. The highest BCUT2D eigenvalue weighted by molar-refractivity contribution is 7.22. The van der Waals surface area contributed by atoms with Gasteiger partial charge in [0.05, 0.1) is 16.1 Å². The van der Waals surface area contributed by atoms with Crippen molar-refractivity contribution in [3.8, 4) is 0 Å². The van der Waals surface area contributed by atoms with Crippen molar-refractivity contribution < 1.29 is 4.79 Å². The van der Waals surface area contributed by atoms with Crippen LogP contribution in [0.25, 0.3) is 10.2 Å². The fourth-order valence-corrected chi connectivity index (χ4v) is 5.64. The van der Waals surface area contributed by atoms with Crippen LogP contribution in [0.5, 0.6) is 0 Å². The van der Waals surface area contributed by atoms with Gasteiger partial charge in [0.25, 0.3) is 0 Å². The third-order valence-electron chi connectivity index (χ3n) is 6.18. The number of anilines is 1. The van der Waals surface area contributed by atoms with E-state index < -0.39 is 0 Å². The van der Waals surface area contributed by atoms with Gasteiger partial charge < -0.3 is 9.80 Å². The number of aromatic nitrogens is 1. The number of carbonyl (C=O) groups is 1. The number of nitrogens with zero attached hydrogens (tertiary/aromatic N) is 3. The van der Waals surface area contributed by atoms with Gasteiger partial charge in [-0.05, 0) is 42.2 Å². The topological polar surface area (TPSA) is 36.4 Å². The second kappa shape index (κ2) is 8.75. The molecule has 2 heterocycles. The third-order valence-corrected chi connectivity index (χ3v) is 7.45. The quantitative estimate of drug-likeness (QED) is 0.426. The highest BCUT2D eigenvalue weighted by atomic mass is 32.1. The Kier molecular flexibility index (Phi) is 5.66. The summed E-state index contributed by atoms with van der Waals surface area (Å²) in [5, 5.41) is 1.06. The molecular weight excluding hydrogens is 414 g/mol. The first-order chi connectivity index (χ1) is 15.6. The van der Waals surface area contributed by atoms with E-state index >= 15 is 0 Å². The smallest absolute Gasteiger partial charge is 0.234 e. The zero-order valence-corrected chi connectivity index (χ0v) is 19.3. The molecule has 0 atom stereocenters. The molecule has 1 saturated heterocycles. The molecule has 5 rings (SSSR count). The molecule has 0 bridgehead atoms. The van der Waals surface area contributed by atoms with Crippen LogP contribution in [0.3, 0.4) is 0 Å². The van der Waals surface area contributed by atoms with Crippen LogP contribution < -0.4 is 4.90 Å². The van der Waals surface area contributed by atoms with Gasteiger partial charge in [-0.25, -0.2) is 4.98 Å². The lowest BCUT2D eigenvalue weighted by Crippen LogP contribution is -2.50. The average molecular weight is 442 g/mol.